The number of anilines is 1. The zero-order valence-electron chi connectivity index (χ0n) is 12.9. The fourth-order valence-electron chi connectivity index (χ4n) is 3.26. The van der Waals surface area contributed by atoms with Crippen LogP contribution in [0.1, 0.15) is 25.7 Å². The molecule has 0 amide bonds. The van der Waals surface area contributed by atoms with Crippen LogP contribution in [0.2, 0.25) is 0 Å². The highest BCUT2D eigenvalue weighted by Crippen LogP contribution is 2.34. The molecular formula is C17H21N3O3. The first-order valence-electron chi connectivity index (χ1n) is 8.25. The van der Waals surface area contributed by atoms with Crippen LogP contribution in [-0.4, -0.2) is 46.1 Å². The zero-order valence-corrected chi connectivity index (χ0v) is 12.9. The second-order valence-electron chi connectivity index (χ2n) is 6.72. The van der Waals surface area contributed by atoms with Crippen LogP contribution < -0.4 is 5.32 Å². The minimum Gasteiger partial charge on any atom is -0.480 e. The standard InChI is InChI=1S/C17H21N3O3/c21-16(22)10-20(9-11-5-6-11)13-7-12(8-13)18-17-19-14-3-1-2-4-15(14)23-17/h1-4,11-13H,5-10H2,(H,18,19)(H,21,22). The Morgan fingerprint density at radius 3 is 2.83 bits per heavy atom. The van der Waals surface area contributed by atoms with Crippen molar-refractivity contribution in [2.45, 2.75) is 37.8 Å². The molecule has 0 radical (unpaired) electrons. The lowest BCUT2D eigenvalue weighted by Crippen LogP contribution is -2.52. The van der Waals surface area contributed by atoms with Crippen molar-refractivity contribution in [3.63, 3.8) is 0 Å². The molecule has 2 saturated carbocycles. The Balaban J connectivity index is 1.33. The lowest BCUT2D eigenvalue weighted by molar-refractivity contribution is -0.139. The van der Waals surface area contributed by atoms with Gasteiger partial charge in [0.05, 0.1) is 6.54 Å². The van der Waals surface area contributed by atoms with Gasteiger partial charge in [-0.25, -0.2) is 0 Å². The molecule has 4 rings (SSSR count). The number of nitrogens with zero attached hydrogens (tertiary/aromatic N) is 2. The van der Waals surface area contributed by atoms with Gasteiger partial charge in [0, 0.05) is 18.6 Å². The summed E-state index contributed by atoms with van der Waals surface area (Å²) < 4.78 is 5.68. The summed E-state index contributed by atoms with van der Waals surface area (Å²) in [5, 5.41) is 12.4. The third-order valence-electron chi connectivity index (χ3n) is 4.78. The maximum Gasteiger partial charge on any atom is 0.317 e. The third kappa shape index (κ3) is 3.32. The van der Waals surface area contributed by atoms with E-state index in [4.69, 9.17) is 9.52 Å². The van der Waals surface area contributed by atoms with Gasteiger partial charge in [0.1, 0.15) is 5.52 Å². The second-order valence-corrected chi connectivity index (χ2v) is 6.72. The fraction of sp³-hybridized carbons (Fsp3) is 0.529. The Kier molecular flexibility index (Phi) is 3.69. The van der Waals surface area contributed by atoms with Crippen molar-refractivity contribution in [1.29, 1.82) is 0 Å². The Bertz CT molecular complexity index is 671. The zero-order chi connectivity index (χ0) is 15.8. The monoisotopic (exact) mass is 315 g/mol. The van der Waals surface area contributed by atoms with Gasteiger partial charge in [-0.1, -0.05) is 12.1 Å². The van der Waals surface area contributed by atoms with E-state index in [0.717, 1.165) is 30.5 Å². The molecule has 6 heteroatoms. The summed E-state index contributed by atoms with van der Waals surface area (Å²) in [6.07, 6.45) is 4.37. The van der Waals surface area contributed by atoms with Crippen LogP contribution in [0.15, 0.2) is 28.7 Å². The molecule has 1 aromatic heterocycles. The van der Waals surface area contributed by atoms with Crippen LogP contribution >= 0.6 is 0 Å². The van der Waals surface area contributed by atoms with E-state index in [0.29, 0.717) is 24.0 Å². The van der Waals surface area contributed by atoms with Crippen molar-refractivity contribution in [1.82, 2.24) is 9.88 Å². The minimum atomic E-state index is -0.735. The number of para-hydroxylation sites is 2. The van der Waals surface area contributed by atoms with Crippen LogP contribution in [0, 0.1) is 5.92 Å². The molecule has 1 heterocycles. The minimum absolute atomic E-state index is 0.150. The van der Waals surface area contributed by atoms with Crippen molar-refractivity contribution >= 4 is 23.1 Å². The molecule has 0 aliphatic heterocycles. The third-order valence-corrected chi connectivity index (χ3v) is 4.78. The SMILES string of the molecule is O=C(O)CN(CC1CC1)C1CC(Nc2nc3ccccc3o2)C1. The molecule has 0 unspecified atom stereocenters. The molecule has 0 atom stereocenters. The normalized spacial score (nSPS) is 23.9. The molecule has 2 aliphatic rings. The van der Waals surface area contributed by atoms with Crippen LogP contribution in [0.5, 0.6) is 0 Å². The van der Waals surface area contributed by atoms with Gasteiger partial charge in [-0.05, 0) is 43.7 Å². The number of oxazole rings is 1. The van der Waals surface area contributed by atoms with E-state index in [-0.39, 0.29) is 6.54 Å². The van der Waals surface area contributed by atoms with Gasteiger partial charge in [-0.3, -0.25) is 9.69 Å². The smallest absolute Gasteiger partial charge is 0.317 e. The van der Waals surface area contributed by atoms with Crippen molar-refractivity contribution in [3.05, 3.63) is 24.3 Å². The van der Waals surface area contributed by atoms with Crippen LogP contribution in [-0.2, 0) is 4.79 Å². The highest BCUT2D eigenvalue weighted by molar-refractivity contribution is 5.74. The highest BCUT2D eigenvalue weighted by atomic mass is 16.4. The first-order chi connectivity index (χ1) is 11.2. The first-order valence-corrected chi connectivity index (χ1v) is 8.25. The summed E-state index contributed by atoms with van der Waals surface area (Å²) >= 11 is 0. The summed E-state index contributed by atoms with van der Waals surface area (Å²) in [5.74, 6) is -0.0283. The number of nitrogens with one attached hydrogen (secondary N) is 1. The average molecular weight is 315 g/mol. The van der Waals surface area contributed by atoms with E-state index < -0.39 is 5.97 Å². The van der Waals surface area contributed by atoms with Crippen LogP contribution in [0.3, 0.4) is 0 Å². The van der Waals surface area contributed by atoms with Gasteiger partial charge in [0.15, 0.2) is 5.58 Å². The summed E-state index contributed by atoms with van der Waals surface area (Å²) in [6, 6.07) is 8.92. The van der Waals surface area contributed by atoms with Crippen LogP contribution in [0.4, 0.5) is 6.01 Å². The quantitative estimate of drug-likeness (QED) is 0.817. The van der Waals surface area contributed by atoms with E-state index in [1.54, 1.807) is 0 Å². The number of aliphatic carboxylic acids is 1. The molecule has 23 heavy (non-hydrogen) atoms. The second kappa shape index (κ2) is 5.85. The molecule has 0 spiro atoms. The number of carboxylic acids is 1. The Morgan fingerprint density at radius 2 is 2.13 bits per heavy atom. The number of aromatic nitrogens is 1. The number of fused-ring (bicyclic) bond motifs is 1. The maximum absolute atomic E-state index is 11.0. The Labute approximate surface area is 134 Å². The predicted octanol–water partition coefficient (Wildman–Crippen LogP) is 2.57. The number of hydrogen-bond acceptors (Lipinski definition) is 5. The molecule has 2 aliphatic carbocycles. The molecule has 6 nitrogen and oxygen atoms in total. The molecule has 122 valence electrons. The number of carboxylic acid groups (broad SMARTS) is 1. The van der Waals surface area contributed by atoms with E-state index in [2.05, 4.69) is 15.2 Å². The largest absolute Gasteiger partial charge is 0.480 e. The fourth-order valence-corrected chi connectivity index (χ4v) is 3.26. The lowest BCUT2D eigenvalue weighted by Gasteiger charge is -2.42. The summed E-state index contributed by atoms with van der Waals surface area (Å²) in [6.45, 7) is 1.07. The summed E-state index contributed by atoms with van der Waals surface area (Å²) in [4.78, 5) is 17.6. The van der Waals surface area contributed by atoms with Gasteiger partial charge in [-0.2, -0.15) is 4.98 Å². The van der Waals surface area contributed by atoms with Crippen molar-refractivity contribution < 1.29 is 14.3 Å². The molecule has 0 saturated heterocycles. The highest BCUT2D eigenvalue weighted by Gasteiger charge is 2.37. The predicted molar refractivity (Wildman–Crippen MR) is 86.4 cm³/mol. The van der Waals surface area contributed by atoms with Gasteiger partial charge >= 0.3 is 5.97 Å². The molecular weight excluding hydrogens is 294 g/mol. The molecule has 1 aromatic carbocycles. The van der Waals surface area contributed by atoms with Crippen molar-refractivity contribution in [2.24, 2.45) is 5.92 Å². The van der Waals surface area contributed by atoms with Crippen molar-refractivity contribution in [2.75, 3.05) is 18.4 Å². The van der Waals surface area contributed by atoms with Gasteiger partial charge in [0.2, 0.25) is 0 Å². The van der Waals surface area contributed by atoms with Gasteiger partial charge < -0.3 is 14.8 Å². The molecule has 0 bridgehead atoms. The van der Waals surface area contributed by atoms with E-state index in [1.165, 1.54) is 12.8 Å². The number of benzene rings is 1. The Morgan fingerprint density at radius 1 is 1.35 bits per heavy atom. The first kappa shape index (κ1) is 14.5. The molecule has 2 N–H and O–H groups in total. The van der Waals surface area contributed by atoms with E-state index >= 15 is 0 Å². The lowest BCUT2D eigenvalue weighted by atomic mass is 9.85. The summed E-state index contributed by atoms with van der Waals surface area (Å²) in [7, 11) is 0. The number of hydrogen-bond donors (Lipinski definition) is 2. The molecule has 2 aromatic rings. The van der Waals surface area contributed by atoms with Crippen molar-refractivity contribution in [3.8, 4) is 0 Å². The molecule has 2 fully saturated rings. The van der Waals surface area contributed by atoms with E-state index in [9.17, 15) is 4.79 Å². The number of carbonyl (C=O) groups is 1. The van der Waals surface area contributed by atoms with Crippen LogP contribution in [0.25, 0.3) is 11.1 Å². The maximum atomic E-state index is 11.0. The Hall–Kier alpha value is -2.08. The summed E-state index contributed by atoms with van der Waals surface area (Å²) in [5.41, 5.74) is 1.64. The topological polar surface area (TPSA) is 78.6 Å². The van der Waals surface area contributed by atoms with Gasteiger partial charge in [-0.15, -0.1) is 0 Å². The number of rotatable bonds is 7. The van der Waals surface area contributed by atoms with E-state index in [1.807, 2.05) is 24.3 Å². The van der Waals surface area contributed by atoms with Gasteiger partial charge in [0.25, 0.3) is 6.01 Å². The average Bonchev–Trinajstić information content (AvgIpc) is 3.18.